The van der Waals surface area contributed by atoms with Crippen molar-refractivity contribution in [1.29, 1.82) is 0 Å². The van der Waals surface area contributed by atoms with Gasteiger partial charge < -0.3 is 15.6 Å². The second-order valence-corrected chi connectivity index (χ2v) is 3.78. The van der Waals surface area contributed by atoms with Crippen molar-refractivity contribution >= 4 is 5.82 Å². The molecule has 0 aliphatic carbocycles. The van der Waals surface area contributed by atoms with Gasteiger partial charge in [0.15, 0.2) is 0 Å². The molecule has 2 aromatic rings. The molecule has 0 spiro atoms. The topological polar surface area (TPSA) is 65.6 Å². The van der Waals surface area contributed by atoms with E-state index in [4.69, 9.17) is 0 Å². The first kappa shape index (κ1) is 11.6. The Balaban J connectivity index is 1.84. The maximum absolute atomic E-state index is 4.39. The molecule has 0 amide bonds. The molecular weight excluding hydrogens is 214 g/mol. The van der Waals surface area contributed by atoms with Crippen LogP contribution in [0.25, 0.3) is 0 Å². The molecule has 0 atom stereocenters. The fourth-order valence-electron chi connectivity index (χ4n) is 1.59. The summed E-state index contributed by atoms with van der Waals surface area (Å²) in [4.78, 5) is 11.6. The third-order valence-corrected chi connectivity index (χ3v) is 2.42. The van der Waals surface area contributed by atoms with Crippen LogP contribution in [-0.2, 0) is 13.0 Å². The van der Waals surface area contributed by atoms with Gasteiger partial charge in [-0.25, -0.2) is 9.97 Å². The minimum absolute atomic E-state index is 0.688. The van der Waals surface area contributed by atoms with Crippen LogP contribution in [0.2, 0.25) is 0 Å². The van der Waals surface area contributed by atoms with Crippen molar-refractivity contribution in [3.8, 4) is 0 Å². The highest BCUT2D eigenvalue weighted by Gasteiger charge is 1.98. The summed E-state index contributed by atoms with van der Waals surface area (Å²) in [7, 11) is 1.88. The van der Waals surface area contributed by atoms with E-state index < -0.39 is 0 Å². The van der Waals surface area contributed by atoms with E-state index in [1.54, 1.807) is 6.20 Å². The lowest BCUT2D eigenvalue weighted by atomic mass is 10.2. The van der Waals surface area contributed by atoms with Crippen LogP contribution in [0.5, 0.6) is 0 Å². The summed E-state index contributed by atoms with van der Waals surface area (Å²) < 4.78 is 0. The van der Waals surface area contributed by atoms with Crippen molar-refractivity contribution in [2.45, 2.75) is 13.0 Å². The average Bonchev–Trinajstić information content (AvgIpc) is 2.83. The van der Waals surface area contributed by atoms with E-state index in [1.165, 1.54) is 5.56 Å². The van der Waals surface area contributed by atoms with Gasteiger partial charge in [0.2, 0.25) is 0 Å². The lowest BCUT2D eigenvalue weighted by molar-refractivity contribution is 0.758. The van der Waals surface area contributed by atoms with Gasteiger partial charge in [0, 0.05) is 25.1 Å². The molecule has 0 saturated heterocycles. The predicted octanol–water partition coefficient (Wildman–Crippen LogP) is 1.18. The van der Waals surface area contributed by atoms with Gasteiger partial charge in [-0.15, -0.1) is 0 Å². The molecule has 3 N–H and O–H groups in total. The first-order valence-electron chi connectivity index (χ1n) is 5.70. The molecule has 0 radical (unpaired) electrons. The number of rotatable bonds is 6. The van der Waals surface area contributed by atoms with E-state index in [0.717, 1.165) is 24.6 Å². The Morgan fingerprint density at radius 1 is 1.35 bits per heavy atom. The maximum atomic E-state index is 4.39. The van der Waals surface area contributed by atoms with E-state index in [9.17, 15) is 0 Å². The lowest BCUT2D eigenvalue weighted by Gasteiger charge is -2.06. The molecule has 2 rings (SSSR count). The Bertz CT molecular complexity index is 438. The minimum Gasteiger partial charge on any atom is -0.370 e. The molecule has 2 aromatic heterocycles. The Labute approximate surface area is 101 Å². The molecule has 0 fully saturated rings. The van der Waals surface area contributed by atoms with Gasteiger partial charge in [0.05, 0.1) is 6.54 Å². The second kappa shape index (κ2) is 6.00. The van der Waals surface area contributed by atoms with Crippen LogP contribution < -0.4 is 10.6 Å². The van der Waals surface area contributed by atoms with E-state index in [0.29, 0.717) is 6.54 Å². The Kier molecular flexibility index (Phi) is 4.10. The van der Waals surface area contributed by atoms with Gasteiger partial charge in [-0.1, -0.05) is 0 Å². The fraction of sp³-hybridized carbons (Fsp3) is 0.333. The SMILES string of the molecule is CNCc1nccc(NCCc2cc[nH]c2)n1. The monoisotopic (exact) mass is 231 g/mol. The summed E-state index contributed by atoms with van der Waals surface area (Å²) >= 11 is 0. The third kappa shape index (κ3) is 3.57. The van der Waals surface area contributed by atoms with Gasteiger partial charge in [0.25, 0.3) is 0 Å². The molecule has 5 nitrogen and oxygen atoms in total. The molecule has 0 saturated carbocycles. The highest BCUT2D eigenvalue weighted by molar-refractivity contribution is 5.33. The summed E-state index contributed by atoms with van der Waals surface area (Å²) in [5, 5.41) is 6.32. The van der Waals surface area contributed by atoms with Gasteiger partial charge >= 0.3 is 0 Å². The fourth-order valence-corrected chi connectivity index (χ4v) is 1.59. The zero-order valence-electron chi connectivity index (χ0n) is 9.90. The Morgan fingerprint density at radius 3 is 3.06 bits per heavy atom. The van der Waals surface area contributed by atoms with Gasteiger partial charge in [-0.3, -0.25) is 0 Å². The third-order valence-electron chi connectivity index (χ3n) is 2.42. The van der Waals surface area contributed by atoms with Crippen molar-refractivity contribution in [1.82, 2.24) is 20.3 Å². The number of nitrogens with zero attached hydrogens (tertiary/aromatic N) is 2. The number of nitrogens with one attached hydrogen (secondary N) is 3. The number of hydrogen-bond donors (Lipinski definition) is 3. The normalized spacial score (nSPS) is 10.4. The zero-order chi connectivity index (χ0) is 11.9. The lowest BCUT2D eigenvalue weighted by Crippen LogP contribution is -2.11. The smallest absolute Gasteiger partial charge is 0.144 e. The van der Waals surface area contributed by atoms with Crippen molar-refractivity contribution in [2.24, 2.45) is 0 Å². The molecule has 2 heterocycles. The predicted molar refractivity (Wildman–Crippen MR) is 67.8 cm³/mol. The van der Waals surface area contributed by atoms with E-state index in [2.05, 4.69) is 31.7 Å². The van der Waals surface area contributed by atoms with Crippen molar-refractivity contribution in [2.75, 3.05) is 18.9 Å². The minimum atomic E-state index is 0.688. The number of hydrogen-bond acceptors (Lipinski definition) is 4. The van der Waals surface area contributed by atoms with Gasteiger partial charge in [0.1, 0.15) is 11.6 Å². The second-order valence-electron chi connectivity index (χ2n) is 3.78. The van der Waals surface area contributed by atoms with Crippen LogP contribution in [0.4, 0.5) is 5.82 Å². The molecule has 0 bridgehead atoms. The highest BCUT2D eigenvalue weighted by atomic mass is 15.0. The van der Waals surface area contributed by atoms with Crippen LogP contribution in [0, 0.1) is 0 Å². The Hall–Kier alpha value is -1.88. The number of H-pyrrole nitrogens is 1. The largest absolute Gasteiger partial charge is 0.370 e. The summed E-state index contributed by atoms with van der Waals surface area (Å²) in [6, 6.07) is 3.96. The molecule has 0 aliphatic rings. The first-order valence-corrected chi connectivity index (χ1v) is 5.70. The van der Waals surface area contributed by atoms with Crippen molar-refractivity contribution in [3.63, 3.8) is 0 Å². The average molecular weight is 231 g/mol. The standard InChI is InChI=1S/C12H17N5/c1-13-9-12-16-7-4-11(17-12)15-6-3-10-2-5-14-8-10/h2,4-5,7-8,13-14H,3,6,9H2,1H3,(H,15,16,17). The van der Waals surface area contributed by atoms with Gasteiger partial charge in [-0.05, 0) is 31.2 Å². The Morgan fingerprint density at radius 2 is 2.29 bits per heavy atom. The van der Waals surface area contributed by atoms with E-state index in [-0.39, 0.29) is 0 Å². The molecular formula is C12H17N5. The molecule has 90 valence electrons. The summed E-state index contributed by atoms with van der Waals surface area (Å²) in [6.45, 7) is 1.56. The summed E-state index contributed by atoms with van der Waals surface area (Å²) in [5.41, 5.74) is 1.29. The molecule has 0 aromatic carbocycles. The van der Waals surface area contributed by atoms with Crippen molar-refractivity contribution < 1.29 is 0 Å². The quantitative estimate of drug-likeness (QED) is 0.698. The zero-order valence-corrected chi connectivity index (χ0v) is 9.90. The van der Waals surface area contributed by atoms with Crippen molar-refractivity contribution in [3.05, 3.63) is 42.1 Å². The van der Waals surface area contributed by atoms with E-state index >= 15 is 0 Å². The van der Waals surface area contributed by atoms with Crippen LogP contribution in [0.1, 0.15) is 11.4 Å². The highest BCUT2D eigenvalue weighted by Crippen LogP contribution is 2.03. The summed E-state index contributed by atoms with van der Waals surface area (Å²) in [6.07, 6.45) is 6.70. The molecule has 17 heavy (non-hydrogen) atoms. The number of anilines is 1. The van der Waals surface area contributed by atoms with Crippen LogP contribution >= 0.6 is 0 Å². The molecule has 0 aliphatic heterocycles. The van der Waals surface area contributed by atoms with Crippen LogP contribution in [0.15, 0.2) is 30.7 Å². The number of aromatic nitrogens is 3. The van der Waals surface area contributed by atoms with Crippen LogP contribution in [-0.4, -0.2) is 28.5 Å². The maximum Gasteiger partial charge on any atom is 0.144 e. The number of aromatic amines is 1. The molecule has 0 unspecified atom stereocenters. The van der Waals surface area contributed by atoms with Gasteiger partial charge in [-0.2, -0.15) is 0 Å². The van der Waals surface area contributed by atoms with E-state index in [1.807, 2.05) is 25.5 Å². The summed E-state index contributed by atoms with van der Waals surface area (Å²) in [5.74, 6) is 1.68. The van der Waals surface area contributed by atoms with Crippen LogP contribution in [0.3, 0.4) is 0 Å². The first-order chi connectivity index (χ1) is 8.38. The molecule has 5 heteroatoms.